The summed E-state index contributed by atoms with van der Waals surface area (Å²) in [5, 5.41) is 0.382. The Labute approximate surface area is 181 Å². The van der Waals surface area contributed by atoms with E-state index in [1.807, 2.05) is 6.07 Å². The molecule has 1 heterocycles. The standard InChI is InChI=1S/C23H25NO6S/c1-6-7-21(25)24(31(27,28)20-12-14(2)8-9-15(20)3)17-10-11-19-18(13-17)22(16(4)30-19)23(26)29-5/h8-13H,6-7H2,1-5H3. The van der Waals surface area contributed by atoms with Gasteiger partial charge in [-0.05, 0) is 62.6 Å². The van der Waals surface area contributed by atoms with E-state index in [0.29, 0.717) is 28.7 Å². The number of nitrogens with zero attached hydrogens (tertiary/aromatic N) is 1. The number of esters is 1. The van der Waals surface area contributed by atoms with Crippen LogP contribution >= 0.6 is 0 Å². The number of anilines is 1. The highest BCUT2D eigenvalue weighted by atomic mass is 32.2. The van der Waals surface area contributed by atoms with E-state index < -0.39 is 21.9 Å². The fourth-order valence-electron chi connectivity index (χ4n) is 3.51. The van der Waals surface area contributed by atoms with Gasteiger partial charge in [0.2, 0.25) is 5.91 Å². The van der Waals surface area contributed by atoms with E-state index in [2.05, 4.69) is 0 Å². The SMILES string of the molecule is CCCC(=O)N(c1ccc2oc(C)c(C(=O)OC)c2c1)S(=O)(=O)c1cc(C)ccc1C. The molecule has 31 heavy (non-hydrogen) atoms. The third-order valence-corrected chi connectivity index (χ3v) is 6.91. The number of carbonyl (C=O) groups excluding carboxylic acids is 2. The zero-order chi connectivity index (χ0) is 22.9. The van der Waals surface area contributed by atoms with Gasteiger partial charge < -0.3 is 9.15 Å². The Morgan fingerprint density at radius 3 is 2.42 bits per heavy atom. The van der Waals surface area contributed by atoms with Crippen molar-refractivity contribution in [2.24, 2.45) is 0 Å². The first-order valence-corrected chi connectivity index (χ1v) is 11.3. The van der Waals surface area contributed by atoms with Crippen LogP contribution in [0.3, 0.4) is 0 Å². The van der Waals surface area contributed by atoms with Crippen LogP contribution in [0.25, 0.3) is 11.0 Å². The summed E-state index contributed by atoms with van der Waals surface area (Å²) in [7, 11) is -2.94. The number of methoxy groups -OCH3 is 1. The van der Waals surface area contributed by atoms with Crippen molar-refractivity contribution in [1.29, 1.82) is 0 Å². The summed E-state index contributed by atoms with van der Waals surface area (Å²) in [6.45, 7) is 6.91. The van der Waals surface area contributed by atoms with Gasteiger partial charge in [-0.15, -0.1) is 0 Å². The van der Waals surface area contributed by atoms with Gasteiger partial charge in [0.15, 0.2) is 0 Å². The van der Waals surface area contributed by atoms with E-state index >= 15 is 0 Å². The van der Waals surface area contributed by atoms with Crippen LogP contribution in [0.5, 0.6) is 0 Å². The number of furan rings is 1. The molecule has 7 nitrogen and oxygen atoms in total. The fourth-order valence-corrected chi connectivity index (χ4v) is 5.26. The summed E-state index contributed by atoms with van der Waals surface area (Å²) in [6.07, 6.45) is 0.536. The lowest BCUT2D eigenvalue weighted by Crippen LogP contribution is -2.37. The molecular weight excluding hydrogens is 418 g/mol. The zero-order valence-corrected chi connectivity index (χ0v) is 19.0. The molecule has 2 aromatic carbocycles. The Morgan fingerprint density at radius 1 is 1.06 bits per heavy atom. The number of carbonyl (C=O) groups is 2. The maximum atomic E-state index is 13.6. The largest absolute Gasteiger partial charge is 0.465 e. The molecule has 0 fully saturated rings. The van der Waals surface area contributed by atoms with Crippen LogP contribution in [-0.4, -0.2) is 27.4 Å². The summed E-state index contributed by atoms with van der Waals surface area (Å²) in [5.74, 6) is -0.803. The second-order valence-electron chi connectivity index (χ2n) is 7.39. The molecule has 0 bridgehead atoms. The third kappa shape index (κ3) is 4.07. The molecule has 0 unspecified atom stereocenters. The number of ether oxygens (including phenoxy) is 1. The van der Waals surface area contributed by atoms with Gasteiger partial charge in [0.1, 0.15) is 16.9 Å². The van der Waals surface area contributed by atoms with Crippen molar-refractivity contribution in [3.63, 3.8) is 0 Å². The highest BCUT2D eigenvalue weighted by Crippen LogP contribution is 2.33. The van der Waals surface area contributed by atoms with Crippen LogP contribution in [-0.2, 0) is 19.6 Å². The molecule has 1 amide bonds. The van der Waals surface area contributed by atoms with Gasteiger partial charge in [0.05, 0.1) is 17.7 Å². The molecule has 0 aliphatic carbocycles. The van der Waals surface area contributed by atoms with Crippen molar-refractivity contribution >= 4 is 38.6 Å². The lowest BCUT2D eigenvalue weighted by molar-refractivity contribution is -0.117. The molecule has 0 atom stereocenters. The summed E-state index contributed by atoms with van der Waals surface area (Å²) in [5.41, 5.74) is 2.04. The molecule has 0 aliphatic rings. The number of amides is 1. The van der Waals surface area contributed by atoms with Crippen molar-refractivity contribution in [2.45, 2.75) is 45.4 Å². The smallest absolute Gasteiger partial charge is 0.342 e. The Bertz CT molecular complexity index is 1270. The van der Waals surface area contributed by atoms with Crippen molar-refractivity contribution in [3.8, 4) is 0 Å². The van der Waals surface area contributed by atoms with Crippen molar-refractivity contribution in [2.75, 3.05) is 11.4 Å². The molecule has 0 saturated carbocycles. The maximum absolute atomic E-state index is 13.6. The van der Waals surface area contributed by atoms with Crippen molar-refractivity contribution < 1.29 is 27.2 Å². The Hall–Kier alpha value is -3.13. The Morgan fingerprint density at radius 2 is 1.77 bits per heavy atom. The number of aryl methyl sites for hydroxylation is 3. The van der Waals surface area contributed by atoms with E-state index in [-0.39, 0.29) is 22.6 Å². The molecule has 1 aromatic heterocycles. The van der Waals surface area contributed by atoms with Crippen LogP contribution in [0.1, 0.15) is 47.0 Å². The highest BCUT2D eigenvalue weighted by molar-refractivity contribution is 7.93. The number of hydrogen-bond donors (Lipinski definition) is 0. The topological polar surface area (TPSA) is 93.9 Å². The highest BCUT2D eigenvalue weighted by Gasteiger charge is 2.32. The molecule has 3 aromatic rings. The molecule has 0 aliphatic heterocycles. The average Bonchev–Trinajstić information content (AvgIpc) is 3.04. The summed E-state index contributed by atoms with van der Waals surface area (Å²) < 4.78 is 38.5. The number of hydrogen-bond acceptors (Lipinski definition) is 6. The van der Waals surface area contributed by atoms with Gasteiger partial charge >= 0.3 is 5.97 Å². The normalized spacial score (nSPS) is 11.5. The van der Waals surface area contributed by atoms with Crippen LogP contribution < -0.4 is 4.31 Å². The van der Waals surface area contributed by atoms with Gasteiger partial charge in [-0.25, -0.2) is 17.5 Å². The summed E-state index contributed by atoms with van der Waals surface area (Å²) >= 11 is 0. The molecule has 0 N–H and O–H groups in total. The fraction of sp³-hybridized carbons (Fsp3) is 0.304. The minimum atomic E-state index is -4.19. The minimum Gasteiger partial charge on any atom is -0.465 e. The van der Waals surface area contributed by atoms with Crippen molar-refractivity contribution in [3.05, 3.63) is 58.8 Å². The van der Waals surface area contributed by atoms with E-state index in [9.17, 15) is 18.0 Å². The molecular formula is C23H25NO6S. The predicted octanol–water partition coefficient (Wildman–Crippen LogP) is 4.67. The van der Waals surface area contributed by atoms with Crippen LogP contribution in [0.4, 0.5) is 5.69 Å². The first kappa shape index (κ1) is 22.6. The minimum absolute atomic E-state index is 0.0520. The number of sulfonamides is 1. The quantitative estimate of drug-likeness (QED) is 0.514. The lowest BCUT2D eigenvalue weighted by Gasteiger charge is -2.24. The Kier molecular flexibility index (Phi) is 6.22. The molecule has 164 valence electrons. The zero-order valence-electron chi connectivity index (χ0n) is 18.2. The molecule has 8 heteroatoms. The Balaban J connectivity index is 2.27. The molecule has 0 radical (unpaired) electrons. The first-order chi connectivity index (χ1) is 14.6. The monoisotopic (exact) mass is 443 g/mol. The van der Waals surface area contributed by atoms with E-state index in [4.69, 9.17) is 9.15 Å². The predicted molar refractivity (Wildman–Crippen MR) is 118 cm³/mol. The maximum Gasteiger partial charge on any atom is 0.342 e. The van der Waals surface area contributed by atoms with Crippen LogP contribution in [0.15, 0.2) is 45.7 Å². The molecule has 3 rings (SSSR count). The lowest BCUT2D eigenvalue weighted by atomic mass is 10.1. The van der Waals surface area contributed by atoms with Gasteiger partial charge in [-0.1, -0.05) is 19.1 Å². The van der Waals surface area contributed by atoms with Crippen molar-refractivity contribution in [1.82, 2.24) is 0 Å². The van der Waals surface area contributed by atoms with Gasteiger partial charge in [0, 0.05) is 11.8 Å². The molecule has 0 saturated heterocycles. The van der Waals surface area contributed by atoms with E-state index in [1.54, 1.807) is 45.9 Å². The number of benzene rings is 2. The summed E-state index contributed by atoms with van der Waals surface area (Å²) in [6, 6.07) is 9.61. The van der Waals surface area contributed by atoms with Gasteiger partial charge in [-0.3, -0.25) is 4.79 Å². The number of fused-ring (bicyclic) bond motifs is 1. The van der Waals surface area contributed by atoms with Crippen LogP contribution in [0, 0.1) is 20.8 Å². The second kappa shape index (κ2) is 8.55. The second-order valence-corrected chi connectivity index (χ2v) is 9.14. The van der Waals surface area contributed by atoms with E-state index in [1.165, 1.54) is 19.2 Å². The number of rotatable bonds is 6. The van der Waals surface area contributed by atoms with Crippen LogP contribution in [0.2, 0.25) is 0 Å². The van der Waals surface area contributed by atoms with Gasteiger partial charge in [0.25, 0.3) is 10.0 Å². The first-order valence-electron chi connectivity index (χ1n) is 9.88. The third-order valence-electron chi connectivity index (χ3n) is 5.02. The van der Waals surface area contributed by atoms with Gasteiger partial charge in [-0.2, -0.15) is 0 Å². The summed E-state index contributed by atoms with van der Waals surface area (Å²) in [4.78, 5) is 25.3. The van der Waals surface area contributed by atoms with E-state index in [0.717, 1.165) is 9.87 Å². The average molecular weight is 444 g/mol. The molecule has 0 spiro atoms.